The molecule has 1 aromatic carbocycles. The number of benzene rings is 1. The van der Waals surface area contributed by atoms with Crippen LogP contribution in [0.2, 0.25) is 0 Å². The molecule has 0 saturated carbocycles. The molecule has 82 valence electrons. The van der Waals surface area contributed by atoms with Gasteiger partial charge in [0.05, 0.1) is 16.7 Å². The summed E-state index contributed by atoms with van der Waals surface area (Å²) in [6.45, 7) is 0.523. The maximum atomic E-state index is 5.68. The molecule has 0 aliphatic carbocycles. The van der Waals surface area contributed by atoms with Gasteiger partial charge >= 0.3 is 0 Å². The Morgan fingerprint density at radius 3 is 3.00 bits per heavy atom. The number of imidazole rings is 2. The zero-order valence-electron chi connectivity index (χ0n) is 8.81. The van der Waals surface area contributed by atoms with Crippen molar-refractivity contribution in [1.82, 2.24) is 14.0 Å². The lowest BCUT2D eigenvalue weighted by Crippen LogP contribution is -2.02. The minimum absolute atomic E-state index is 0.523. The van der Waals surface area contributed by atoms with Crippen molar-refractivity contribution < 1.29 is 0 Å². The van der Waals surface area contributed by atoms with Crippen molar-refractivity contribution in [3.8, 4) is 0 Å². The van der Waals surface area contributed by atoms with Crippen molar-refractivity contribution in [1.29, 1.82) is 0 Å². The Hall–Kier alpha value is -1.33. The third-order valence-corrected chi connectivity index (χ3v) is 3.34. The fraction of sp³-hybridized carbons (Fsp3) is 0.182. The van der Waals surface area contributed by atoms with Gasteiger partial charge in [-0.1, -0.05) is 15.9 Å². The first-order chi connectivity index (χ1) is 7.70. The number of aromatic nitrogens is 3. The number of hydrogen-bond acceptors (Lipinski definition) is 2. The summed E-state index contributed by atoms with van der Waals surface area (Å²) in [6, 6.07) is 6.07. The highest BCUT2D eigenvalue weighted by atomic mass is 79.9. The van der Waals surface area contributed by atoms with E-state index < -0.39 is 0 Å². The van der Waals surface area contributed by atoms with E-state index >= 15 is 0 Å². The molecule has 0 amide bonds. The largest absolute Gasteiger partial charge is 0.325 e. The topological polar surface area (TPSA) is 48.2 Å². The summed E-state index contributed by atoms with van der Waals surface area (Å²) in [5.74, 6) is 0.925. The highest BCUT2D eigenvalue weighted by molar-refractivity contribution is 9.10. The summed E-state index contributed by atoms with van der Waals surface area (Å²) in [7, 11) is 1.98. The fourth-order valence-electron chi connectivity index (χ4n) is 1.97. The molecule has 2 aromatic heterocycles. The van der Waals surface area contributed by atoms with Crippen molar-refractivity contribution in [2.24, 2.45) is 12.8 Å². The molecule has 2 N–H and O–H groups in total. The Balaban J connectivity index is 2.47. The maximum absolute atomic E-state index is 5.68. The smallest absolute Gasteiger partial charge is 0.214 e. The average molecular weight is 279 g/mol. The minimum atomic E-state index is 0.523. The van der Waals surface area contributed by atoms with E-state index in [9.17, 15) is 0 Å². The first kappa shape index (κ1) is 9.86. The lowest BCUT2D eigenvalue weighted by atomic mass is 10.3. The molecule has 0 radical (unpaired) electrons. The highest BCUT2D eigenvalue weighted by Crippen LogP contribution is 2.22. The van der Waals surface area contributed by atoms with Gasteiger partial charge < -0.3 is 10.3 Å². The summed E-state index contributed by atoms with van der Waals surface area (Å²) < 4.78 is 5.15. The van der Waals surface area contributed by atoms with E-state index in [1.54, 1.807) is 0 Å². The van der Waals surface area contributed by atoms with Crippen molar-refractivity contribution >= 4 is 32.7 Å². The molecule has 3 rings (SSSR count). The van der Waals surface area contributed by atoms with Gasteiger partial charge in [-0.25, -0.2) is 4.98 Å². The first-order valence-corrected chi connectivity index (χ1v) is 5.82. The number of aryl methyl sites for hydroxylation is 1. The van der Waals surface area contributed by atoms with Crippen molar-refractivity contribution in [2.45, 2.75) is 6.54 Å². The van der Waals surface area contributed by atoms with E-state index in [2.05, 4.69) is 31.4 Å². The molecule has 0 aliphatic rings. The van der Waals surface area contributed by atoms with Gasteiger partial charge in [0.1, 0.15) is 0 Å². The molecule has 0 fully saturated rings. The Labute approximate surface area is 101 Å². The Kier molecular flexibility index (Phi) is 2.05. The second kappa shape index (κ2) is 3.33. The van der Waals surface area contributed by atoms with E-state index in [-0.39, 0.29) is 0 Å². The van der Waals surface area contributed by atoms with Gasteiger partial charge in [0.25, 0.3) is 0 Å². The van der Waals surface area contributed by atoms with Crippen LogP contribution in [0.3, 0.4) is 0 Å². The molecule has 0 unspecified atom stereocenters. The number of hydrogen-bond donors (Lipinski definition) is 1. The Morgan fingerprint density at radius 2 is 2.25 bits per heavy atom. The van der Waals surface area contributed by atoms with Crippen LogP contribution in [0.5, 0.6) is 0 Å². The van der Waals surface area contributed by atoms with Gasteiger partial charge in [-0.2, -0.15) is 0 Å². The normalized spacial score (nSPS) is 11.7. The molecule has 3 aromatic rings. The number of nitrogens with two attached hydrogens (primary N) is 1. The molecule has 2 heterocycles. The van der Waals surface area contributed by atoms with Gasteiger partial charge in [0.2, 0.25) is 5.78 Å². The highest BCUT2D eigenvalue weighted by Gasteiger charge is 2.10. The molecule has 4 nitrogen and oxygen atoms in total. The molecule has 0 aliphatic heterocycles. The fourth-order valence-corrected chi connectivity index (χ4v) is 2.32. The lowest BCUT2D eigenvalue weighted by molar-refractivity contribution is 0.840. The minimum Gasteiger partial charge on any atom is -0.325 e. The number of fused-ring (bicyclic) bond motifs is 3. The van der Waals surface area contributed by atoms with Crippen LogP contribution < -0.4 is 5.73 Å². The van der Waals surface area contributed by atoms with Crippen LogP contribution in [0.1, 0.15) is 5.69 Å². The van der Waals surface area contributed by atoms with Crippen LogP contribution in [-0.4, -0.2) is 14.0 Å². The third-order valence-electron chi connectivity index (χ3n) is 2.85. The van der Waals surface area contributed by atoms with E-state index in [1.165, 1.54) is 0 Å². The van der Waals surface area contributed by atoms with E-state index in [4.69, 9.17) is 5.73 Å². The van der Waals surface area contributed by atoms with Crippen LogP contribution in [0.15, 0.2) is 28.9 Å². The van der Waals surface area contributed by atoms with Crippen LogP contribution in [0.4, 0.5) is 0 Å². The van der Waals surface area contributed by atoms with Gasteiger partial charge in [-0.05, 0) is 18.2 Å². The van der Waals surface area contributed by atoms with E-state index in [0.717, 1.165) is 27.0 Å². The van der Waals surface area contributed by atoms with Gasteiger partial charge in [-0.3, -0.25) is 4.40 Å². The first-order valence-electron chi connectivity index (χ1n) is 5.02. The molecule has 0 spiro atoms. The van der Waals surface area contributed by atoms with Crippen LogP contribution >= 0.6 is 15.9 Å². The van der Waals surface area contributed by atoms with Crippen molar-refractivity contribution in [3.05, 3.63) is 34.6 Å². The van der Waals surface area contributed by atoms with Crippen LogP contribution in [-0.2, 0) is 13.6 Å². The standard InChI is InChI=1S/C11H11BrN4/c1-15-8(5-13)6-16-10-4-7(12)2-3-9(10)14-11(15)16/h2-4,6H,5,13H2,1H3. The van der Waals surface area contributed by atoms with Crippen LogP contribution in [0.25, 0.3) is 16.8 Å². The van der Waals surface area contributed by atoms with E-state index in [1.807, 2.05) is 29.9 Å². The van der Waals surface area contributed by atoms with Gasteiger partial charge in [0, 0.05) is 24.3 Å². The zero-order chi connectivity index (χ0) is 11.3. The molecule has 5 heteroatoms. The number of halogens is 1. The monoisotopic (exact) mass is 278 g/mol. The maximum Gasteiger partial charge on any atom is 0.214 e. The second-order valence-corrected chi connectivity index (χ2v) is 4.71. The average Bonchev–Trinajstić information content (AvgIpc) is 2.77. The molecular weight excluding hydrogens is 268 g/mol. The zero-order valence-corrected chi connectivity index (χ0v) is 10.4. The van der Waals surface area contributed by atoms with Gasteiger partial charge in [-0.15, -0.1) is 0 Å². The SMILES string of the molecule is Cn1c(CN)cn2c3cc(Br)ccc3nc12. The lowest BCUT2D eigenvalue weighted by Gasteiger charge is -1.95. The number of nitrogens with zero attached hydrogens (tertiary/aromatic N) is 3. The predicted molar refractivity (Wildman–Crippen MR) is 67.3 cm³/mol. The summed E-state index contributed by atoms with van der Waals surface area (Å²) >= 11 is 3.47. The molecule has 0 saturated heterocycles. The van der Waals surface area contributed by atoms with Crippen molar-refractivity contribution in [2.75, 3.05) is 0 Å². The quantitative estimate of drug-likeness (QED) is 0.741. The van der Waals surface area contributed by atoms with Crippen LogP contribution in [0, 0.1) is 0 Å². The molecule has 0 atom stereocenters. The summed E-state index contributed by atoms with van der Waals surface area (Å²) in [6.07, 6.45) is 2.04. The summed E-state index contributed by atoms with van der Waals surface area (Å²) in [4.78, 5) is 4.57. The predicted octanol–water partition coefficient (Wildman–Crippen LogP) is 2.05. The van der Waals surface area contributed by atoms with Gasteiger partial charge in [0.15, 0.2) is 0 Å². The number of rotatable bonds is 1. The second-order valence-electron chi connectivity index (χ2n) is 3.80. The third kappa shape index (κ3) is 1.22. The van der Waals surface area contributed by atoms with E-state index in [0.29, 0.717) is 6.54 Å². The molecule has 0 bridgehead atoms. The summed E-state index contributed by atoms with van der Waals surface area (Å²) in [5.41, 5.74) is 8.84. The van der Waals surface area contributed by atoms with Crippen molar-refractivity contribution in [3.63, 3.8) is 0 Å². The summed E-state index contributed by atoms with van der Waals surface area (Å²) in [5, 5.41) is 0. The molecule has 16 heavy (non-hydrogen) atoms. The molecular formula is C11H11BrN4. The Morgan fingerprint density at radius 1 is 1.44 bits per heavy atom. The Bertz CT molecular complexity index is 680.